The number of aryl methyl sites for hydroxylation is 1. The fourth-order valence-electron chi connectivity index (χ4n) is 11.0. The molecule has 1 aliphatic rings. The van der Waals surface area contributed by atoms with Gasteiger partial charge in [-0.3, -0.25) is 0 Å². The van der Waals surface area contributed by atoms with Crippen LogP contribution >= 0.6 is 0 Å². The first kappa shape index (κ1) is 44.6. The quantitative estimate of drug-likeness (QED) is 0.128. The molecule has 70 heavy (non-hydrogen) atoms. The van der Waals surface area contributed by atoms with Crippen molar-refractivity contribution < 1.29 is 0 Å². The summed E-state index contributed by atoms with van der Waals surface area (Å²) in [6, 6.07) is 81.3. The van der Waals surface area contributed by atoms with Crippen LogP contribution in [0.4, 0.5) is 34.1 Å². The molecule has 0 aromatic heterocycles. The molecule has 0 aliphatic heterocycles. The van der Waals surface area contributed by atoms with Crippen LogP contribution < -0.4 is 9.80 Å². The molecule has 0 heterocycles. The summed E-state index contributed by atoms with van der Waals surface area (Å²) in [6.45, 7) is 20.2. The Labute approximate surface area is 414 Å². The van der Waals surface area contributed by atoms with Gasteiger partial charge in [0.25, 0.3) is 0 Å². The molecule has 0 saturated heterocycles. The molecule has 2 nitrogen and oxygen atoms in total. The maximum atomic E-state index is 3.96. The van der Waals surface area contributed by atoms with E-state index >= 15 is 0 Å². The first-order chi connectivity index (χ1) is 33.8. The van der Waals surface area contributed by atoms with E-state index in [2.05, 4.69) is 283 Å². The first-order valence-corrected chi connectivity index (χ1v) is 24.7. The van der Waals surface area contributed by atoms with Crippen molar-refractivity contribution in [2.45, 2.75) is 64.7 Å². The van der Waals surface area contributed by atoms with Crippen molar-refractivity contribution in [3.05, 3.63) is 269 Å². The van der Waals surface area contributed by atoms with Gasteiger partial charge in [0.05, 0.1) is 11.4 Å². The highest BCUT2D eigenvalue weighted by molar-refractivity contribution is 6.01. The van der Waals surface area contributed by atoms with Gasteiger partial charge < -0.3 is 9.80 Å². The Hall–Kier alpha value is -7.94. The highest BCUT2D eigenvalue weighted by Gasteiger charge is 2.37. The average molecular weight is 905 g/mol. The van der Waals surface area contributed by atoms with E-state index in [1.54, 1.807) is 0 Å². The Kier molecular flexibility index (Phi) is 11.0. The number of benzene rings is 10. The Balaban J connectivity index is 1.00. The van der Waals surface area contributed by atoms with Crippen molar-refractivity contribution in [2.75, 3.05) is 9.80 Å². The minimum atomic E-state index is -0.289. The van der Waals surface area contributed by atoms with Crippen LogP contribution in [0.2, 0.25) is 0 Å². The van der Waals surface area contributed by atoms with Crippen LogP contribution in [0.1, 0.15) is 86.1 Å². The van der Waals surface area contributed by atoms with Crippen LogP contribution in [0.15, 0.2) is 225 Å². The summed E-state index contributed by atoms with van der Waals surface area (Å²) < 4.78 is 0. The molecule has 2 heteroatoms. The highest BCUT2D eigenvalue weighted by Crippen LogP contribution is 2.53. The van der Waals surface area contributed by atoms with Crippen molar-refractivity contribution in [1.29, 1.82) is 0 Å². The van der Waals surface area contributed by atoms with E-state index in [4.69, 9.17) is 0 Å². The van der Waals surface area contributed by atoms with E-state index in [0.29, 0.717) is 0 Å². The van der Waals surface area contributed by atoms with Gasteiger partial charge in [0.1, 0.15) is 0 Å². The third-order valence-corrected chi connectivity index (χ3v) is 15.5. The molecular formula is C68H60N2. The average Bonchev–Trinajstić information content (AvgIpc) is 3.61. The van der Waals surface area contributed by atoms with Gasteiger partial charge >= 0.3 is 0 Å². The fraction of sp³-hybridized carbons (Fsp3) is 0.147. The van der Waals surface area contributed by atoms with E-state index in [1.165, 1.54) is 71.6 Å². The van der Waals surface area contributed by atoms with Crippen LogP contribution in [-0.4, -0.2) is 0 Å². The van der Waals surface area contributed by atoms with Gasteiger partial charge in [-0.2, -0.15) is 0 Å². The second-order valence-corrected chi connectivity index (χ2v) is 20.8. The lowest BCUT2D eigenvalue weighted by Crippen LogP contribution is -2.20. The van der Waals surface area contributed by atoms with Crippen LogP contribution in [0.5, 0.6) is 0 Å². The molecule has 342 valence electrons. The van der Waals surface area contributed by atoms with Gasteiger partial charge in [-0.15, -0.1) is 0 Å². The molecule has 10 aromatic rings. The molecule has 0 unspecified atom stereocenters. The summed E-state index contributed by atoms with van der Waals surface area (Å²) >= 11 is 0. The first-order valence-electron chi connectivity index (χ1n) is 24.7. The number of fused-ring (bicyclic) bond motifs is 5. The fourth-order valence-corrected chi connectivity index (χ4v) is 11.0. The van der Waals surface area contributed by atoms with Gasteiger partial charge in [-0.05, 0) is 128 Å². The summed E-state index contributed by atoms with van der Waals surface area (Å²) in [6.07, 6.45) is 1.90. The molecule has 1 aliphatic carbocycles. The van der Waals surface area contributed by atoms with Crippen molar-refractivity contribution >= 4 is 61.7 Å². The summed E-state index contributed by atoms with van der Waals surface area (Å²) in [4.78, 5) is 4.91. The zero-order valence-electron chi connectivity index (χ0n) is 41.5. The van der Waals surface area contributed by atoms with Crippen LogP contribution in [0.3, 0.4) is 0 Å². The Morgan fingerprint density at radius 3 is 1.17 bits per heavy atom. The van der Waals surface area contributed by atoms with E-state index < -0.39 is 0 Å². The third-order valence-electron chi connectivity index (χ3n) is 15.5. The van der Waals surface area contributed by atoms with Gasteiger partial charge in [0, 0.05) is 49.8 Å². The van der Waals surface area contributed by atoms with Gasteiger partial charge in [0.2, 0.25) is 0 Å². The molecule has 0 saturated carbocycles. The number of hydrogen-bond donors (Lipinski definition) is 0. The monoisotopic (exact) mass is 904 g/mol. The van der Waals surface area contributed by atoms with Crippen LogP contribution in [0.25, 0.3) is 38.7 Å². The Morgan fingerprint density at radius 2 is 0.757 bits per heavy atom. The SMILES string of the molecule is C=Cc1ccc(C(C)(C)c2ccc(N(c3ccc4c(c3)C(C)(C)c3cc(N(c5ccc(C(C)(C)c6ccc(C)cc6)cc5)c5cccc6ccccc56)ccc3-4)c3cccc4ccccc34)cc2)cc1. The lowest BCUT2D eigenvalue weighted by atomic mass is 9.78. The van der Waals surface area contributed by atoms with Crippen molar-refractivity contribution in [3.63, 3.8) is 0 Å². The number of rotatable bonds is 11. The number of nitrogens with zero attached hydrogens (tertiary/aromatic N) is 2. The summed E-state index contributed by atoms with van der Waals surface area (Å²) in [5.41, 5.74) is 19.0. The van der Waals surface area contributed by atoms with E-state index in [1.807, 2.05) is 6.08 Å². The van der Waals surface area contributed by atoms with Gasteiger partial charge in [0.15, 0.2) is 0 Å². The topological polar surface area (TPSA) is 6.48 Å². The van der Waals surface area contributed by atoms with Crippen molar-refractivity contribution in [2.24, 2.45) is 0 Å². The highest BCUT2D eigenvalue weighted by atomic mass is 15.1. The molecule has 0 radical (unpaired) electrons. The molecule has 0 amide bonds. The standard InChI is InChI=1S/C68H60N2/c1-9-47-26-30-51(31-27-47)67(5,6)53-34-38-55(39-35-53)70(65-23-15-19-49-17-11-13-21-59(49)65)57-41-43-61-60-42-40-56(44-62(60)68(7,8)63(61)45-57)69(64-22-14-18-48-16-10-12-20-58(48)64)54-36-32-52(33-37-54)66(3,4)50-28-24-46(2)25-29-50/h9-45H,1H2,2-8H3. The second-order valence-electron chi connectivity index (χ2n) is 20.8. The maximum absolute atomic E-state index is 3.96. The minimum Gasteiger partial charge on any atom is -0.310 e. The van der Waals surface area contributed by atoms with E-state index in [0.717, 1.165) is 39.7 Å². The lowest BCUT2D eigenvalue weighted by molar-refractivity contribution is 0.640. The largest absolute Gasteiger partial charge is 0.310 e. The maximum Gasteiger partial charge on any atom is 0.0540 e. The molecule has 0 N–H and O–H groups in total. The summed E-state index contributed by atoms with van der Waals surface area (Å²) in [5, 5.41) is 4.86. The molecule has 0 spiro atoms. The van der Waals surface area contributed by atoms with E-state index in [-0.39, 0.29) is 16.2 Å². The lowest BCUT2D eigenvalue weighted by Gasteiger charge is -2.31. The summed E-state index contributed by atoms with van der Waals surface area (Å²) in [7, 11) is 0. The molecule has 10 aromatic carbocycles. The van der Waals surface area contributed by atoms with Crippen molar-refractivity contribution in [1.82, 2.24) is 0 Å². The smallest absolute Gasteiger partial charge is 0.0540 e. The molecule has 0 atom stereocenters. The predicted molar refractivity (Wildman–Crippen MR) is 300 cm³/mol. The number of anilines is 6. The van der Waals surface area contributed by atoms with Gasteiger partial charge in [-0.25, -0.2) is 0 Å². The Bertz CT molecular complexity index is 3560. The van der Waals surface area contributed by atoms with E-state index in [9.17, 15) is 0 Å². The van der Waals surface area contributed by atoms with Crippen LogP contribution in [-0.2, 0) is 16.2 Å². The van der Waals surface area contributed by atoms with Crippen LogP contribution in [0, 0.1) is 6.92 Å². The molecule has 11 rings (SSSR count). The molecule has 0 fully saturated rings. The second kappa shape index (κ2) is 17.2. The minimum absolute atomic E-state index is 0.152. The molecular weight excluding hydrogens is 845 g/mol. The normalized spacial score (nSPS) is 13.0. The zero-order chi connectivity index (χ0) is 48.4. The predicted octanol–water partition coefficient (Wildman–Crippen LogP) is 18.8. The zero-order valence-corrected chi connectivity index (χ0v) is 41.5. The summed E-state index contributed by atoms with van der Waals surface area (Å²) in [5.74, 6) is 0. The van der Waals surface area contributed by atoms with Gasteiger partial charge in [-0.1, -0.05) is 217 Å². The Morgan fingerprint density at radius 1 is 0.400 bits per heavy atom. The molecule has 0 bridgehead atoms. The van der Waals surface area contributed by atoms with Crippen molar-refractivity contribution in [3.8, 4) is 11.1 Å². The third kappa shape index (κ3) is 7.60. The number of hydrogen-bond acceptors (Lipinski definition) is 2.